The van der Waals surface area contributed by atoms with E-state index in [-0.39, 0.29) is 11.8 Å². The van der Waals surface area contributed by atoms with E-state index in [0.29, 0.717) is 6.54 Å². The number of carboxylic acids is 1. The topological polar surface area (TPSA) is 122 Å². The number of benzene rings is 1. The molecule has 138 valence electrons. The van der Waals surface area contributed by atoms with Crippen molar-refractivity contribution in [3.8, 4) is 0 Å². The van der Waals surface area contributed by atoms with E-state index in [1.165, 1.54) is 12.5 Å². The molecular formula is C18H27N3O4. The quantitative estimate of drug-likeness (QED) is 0.583. The molecule has 0 saturated heterocycles. The van der Waals surface area contributed by atoms with Gasteiger partial charge in [-0.05, 0) is 23.5 Å². The van der Waals surface area contributed by atoms with Gasteiger partial charge in [0.2, 0.25) is 11.8 Å². The predicted octanol–water partition coefficient (Wildman–Crippen LogP) is 0.907. The number of rotatable bonds is 7. The van der Waals surface area contributed by atoms with Crippen LogP contribution in [0.3, 0.4) is 0 Å². The molecule has 25 heavy (non-hydrogen) atoms. The first-order chi connectivity index (χ1) is 11.5. The molecular weight excluding hydrogens is 322 g/mol. The Balaban J connectivity index is 2.48. The minimum atomic E-state index is -1.15. The summed E-state index contributed by atoms with van der Waals surface area (Å²) in [7, 11) is 0. The molecule has 0 unspecified atom stereocenters. The van der Waals surface area contributed by atoms with Crippen molar-refractivity contribution in [2.75, 3.05) is 0 Å². The predicted molar refractivity (Wildman–Crippen MR) is 94.8 cm³/mol. The van der Waals surface area contributed by atoms with E-state index in [2.05, 4.69) is 31.4 Å². The van der Waals surface area contributed by atoms with Crippen molar-refractivity contribution in [1.82, 2.24) is 10.6 Å². The van der Waals surface area contributed by atoms with Gasteiger partial charge in [0.15, 0.2) is 0 Å². The van der Waals surface area contributed by atoms with Crippen molar-refractivity contribution in [2.24, 2.45) is 5.73 Å². The largest absolute Gasteiger partial charge is 0.480 e. The van der Waals surface area contributed by atoms with Crippen LogP contribution in [-0.4, -0.2) is 35.0 Å². The van der Waals surface area contributed by atoms with Crippen LogP contribution in [0, 0.1) is 0 Å². The van der Waals surface area contributed by atoms with Gasteiger partial charge in [-0.15, -0.1) is 0 Å². The zero-order valence-corrected chi connectivity index (χ0v) is 15.1. The molecule has 7 heteroatoms. The van der Waals surface area contributed by atoms with Gasteiger partial charge in [0.25, 0.3) is 0 Å². The second kappa shape index (κ2) is 8.62. The van der Waals surface area contributed by atoms with Crippen LogP contribution in [0.1, 0.15) is 45.2 Å². The van der Waals surface area contributed by atoms with Crippen LogP contribution in [0.15, 0.2) is 24.3 Å². The molecule has 0 aliphatic rings. The van der Waals surface area contributed by atoms with Gasteiger partial charge in [-0.3, -0.25) is 14.4 Å². The number of carboxylic acid groups (broad SMARTS) is 1. The van der Waals surface area contributed by atoms with Crippen LogP contribution in [0.2, 0.25) is 0 Å². The van der Waals surface area contributed by atoms with Crippen LogP contribution in [0.4, 0.5) is 0 Å². The number of hydrogen-bond donors (Lipinski definition) is 4. The van der Waals surface area contributed by atoms with Crippen LogP contribution in [0.5, 0.6) is 0 Å². The SMILES string of the molecule is C[C@H](NC(=O)C[C@H](N)C(=O)NCc1ccc(C(C)(C)C)cc1)C(=O)O. The maximum Gasteiger partial charge on any atom is 0.325 e. The van der Waals surface area contributed by atoms with Gasteiger partial charge >= 0.3 is 5.97 Å². The van der Waals surface area contributed by atoms with Crippen LogP contribution in [0.25, 0.3) is 0 Å². The summed E-state index contributed by atoms with van der Waals surface area (Å²) >= 11 is 0. The number of hydrogen-bond acceptors (Lipinski definition) is 4. The fourth-order valence-corrected chi connectivity index (χ4v) is 2.10. The Hall–Kier alpha value is -2.41. The third-order valence-corrected chi connectivity index (χ3v) is 3.78. The smallest absolute Gasteiger partial charge is 0.325 e. The molecule has 1 aromatic carbocycles. The standard InChI is InChI=1S/C18H27N3O4/c1-11(17(24)25)21-15(22)9-14(19)16(23)20-10-12-5-7-13(8-6-12)18(2,3)4/h5-8,11,14H,9-10,19H2,1-4H3,(H,20,23)(H,21,22)(H,24,25)/t11-,14-/m0/s1. The number of carbonyl (C=O) groups excluding carboxylic acids is 2. The minimum Gasteiger partial charge on any atom is -0.480 e. The van der Waals surface area contributed by atoms with E-state index in [1.54, 1.807) is 0 Å². The number of carbonyl (C=O) groups is 3. The van der Waals surface area contributed by atoms with E-state index in [1.807, 2.05) is 24.3 Å². The Bertz CT molecular complexity index is 620. The van der Waals surface area contributed by atoms with Crippen LogP contribution < -0.4 is 16.4 Å². The van der Waals surface area contributed by atoms with Crippen LogP contribution >= 0.6 is 0 Å². The van der Waals surface area contributed by atoms with Gasteiger partial charge in [0.05, 0.1) is 12.5 Å². The lowest BCUT2D eigenvalue weighted by atomic mass is 9.87. The van der Waals surface area contributed by atoms with E-state index < -0.39 is 29.9 Å². The molecule has 0 fully saturated rings. The fourth-order valence-electron chi connectivity index (χ4n) is 2.10. The molecule has 1 aromatic rings. The number of amides is 2. The fraction of sp³-hybridized carbons (Fsp3) is 0.500. The Morgan fingerprint density at radius 3 is 2.20 bits per heavy atom. The van der Waals surface area contributed by atoms with Crippen molar-refractivity contribution < 1.29 is 19.5 Å². The molecule has 2 atom stereocenters. The molecule has 7 nitrogen and oxygen atoms in total. The third-order valence-electron chi connectivity index (χ3n) is 3.78. The maximum atomic E-state index is 12.0. The summed E-state index contributed by atoms with van der Waals surface area (Å²) in [4.78, 5) is 34.3. The van der Waals surface area contributed by atoms with Crippen molar-refractivity contribution in [3.63, 3.8) is 0 Å². The zero-order chi connectivity index (χ0) is 19.2. The normalized spacial score (nSPS) is 13.6. The number of nitrogens with one attached hydrogen (secondary N) is 2. The molecule has 0 bridgehead atoms. The molecule has 0 saturated carbocycles. The lowest BCUT2D eigenvalue weighted by Crippen LogP contribution is -2.46. The molecule has 1 rings (SSSR count). The average molecular weight is 349 g/mol. The summed E-state index contributed by atoms with van der Waals surface area (Å²) in [5.41, 5.74) is 7.88. The molecule has 0 heterocycles. The summed E-state index contributed by atoms with van der Waals surface area (Å²) in [6, 6.07) is 5.85. The van der Waals surface area contributed by atoms with Gasteiger partial charge < -0.3 is 21.5 Å². The molecule has 2 amide bonds. The van der Waals surface area contributed by atoms with Gasteiger partial charge in [-0.1, -0.05) is 45.0 Å². The molecule has 5 N–H and O–H groups in total. The highest BCUT2D eigenvalue weighted by molar-refractivity contribution is 5.89. The zero-order valence-electron chi connectivity index (χ0n) is 15.1. The lowest BCUT2D eigenvalue weighted by Gasteiger charge is -2.19. The van der Waals surface area contributed by atoms with Gasteiger partial charge in [-0.2, -0.15) is 0 Å². The monoisotopic (exact) mass is 349 g/mol. The van der Waals surface area contributed by atoms with E-state index in [0.717, 1.165) is 5.56 Å². The van der Waals surface area contributed by atoms with E-state index >= 15 is 0 Å². The average Bonchev–Trinajstić information content (AvgIpc) is 2.51. The second-order valence-electron chi connectivity index (χ2n) is 7.10. The maximum absolute atomic E-state index is 12.0. The Kier molecular flexibility index (Phi) is 7.11. The van der Waals surface area contributed by atoms with E-state index in [4.69, 9.17) is 10.8 Å². The number of nitrogens with two attached hydrogens (primary N) is 1. The van der Waals surface area contributed by atoms with Crippen molar-refractivity contribution in [1.29, 1.82) is 0 Å². The summed E-state index contributed by atoms with van der Waals surface area (Å²) in [5, 5.41) is 13.7. The van der Waals surface area contributed by atoms with Crippen molar-refractivity contribution in [3.05, 3.63) is 35.4 Å². The minimum absolute atomic E-state index is 0.0601. The first-order valence-electron chi connectivity index (χ1n) is 8.15. The Labute approximate surface area is 148 Å². The first kappa shape index (κ1) is 20.6. The molecule has 0 aromatic heterocycles. The molecule has 0 radical (unpaired) electrons. The van der Waals surface area contributed by atoms with Gasteiger partial charge in [0, 0.05) is 6.54 Å². The third kappa shape index (κ3) is 6.93. The molecule has 0 aliphatic carbocycles. The highest BCUT2D eigenvalue weighted by atomic mass is 16.4. The molecule has 0 spiro atoms. The second-order valence-corrected chi connectivity index (χ2v) is 7.10. The summed E-state index contributed by atoms with van der Waals surface area (Å²) in [6.45, 7) is 8.02. The lowest BCUT2D eigenvalue weighted by molar-refractivity contribution is -0.141. The van der Waals surface area contributed by atoms with Crippen LogP contribution in [-0.2, 0) is 26.3 Å². The highest BCUT2D eigenvalue weighted by Gasteiger charge is 2.20. The summed E-state index contributed by atoms with van der Waals surface area (Å²) in [6.07, 6.45) is -0.271. The van der Waals surface area contributed by atoms with Crippen molar-refractivity contribution in [2.45, 2.75) is 58.2 Å². The first-order valence-corrected chi connectivity index (χ1v) is 8.15. The number of aliphatic carboxylic acids is 1. The summed E-state index contributed by atoms with van der Waals surface area (Å²) in [5.74, 6) is -2.19. The van der Waals surface area contributed by atoms with Gasteiger partial charge in [-0.25, -0.2) is 0 Å². The van der Waals surface area contributed by atoms with E-state index in [9.17, 15) is 14.4 Å². The Morgan fingerprint density at radius 2 is 1.72 bits per heavy atom. The Morgan fingerprint density at radius 1 is 1.16 bits per heavy atom. The summed E-state index contributed by atoms with van der Waals surface area (Å²) < 4.78 is 0. The van der Waals surface area contributed by atoms with Crippen molar-refractivity contribution >= 4 is 17.8 Å². The van der Waals surface area contributed by atoms with Gasteiger partial charge in [0.1, 0.15) is 6.04 Å². The highest BCUT2D eigenvalue weighted by Crippen LogP contribution is 2.22. The molecule has 0 aliphatic heterocycles.